The molecule has 6 rings (SSSR count). The van der Waals surface area contributed by atoms with Crippen LogP contribution in [-0.2, 0) is 26.3 Å². The third-order valence-electron chi connectivity index (χ3n) is 7.40. The minimum atomic E-state index is -1.60. The Morgan fingerprint density at radius 3 is 2.42 bits per heavy atom. The van der Waals surface area contributed by atoms with Gasteiger partial charge in [0, 0.05) is 17.3 Å². The number of amides is 3. The molecule has 3 aromatic carbocycles. The van der Waals surface area contributed by atoms with Gasteiger partial charge < -0.3 is 15.2 Å². The Kier molecular flexibility index (Phi) is 4.87. The van der Waals surface area contributed by atoms with Gasteiger partial charge in [-0.15, -0.1) is 0 Å². The van der Waals surface area contributed by atoms with Gasteiger partial charge in [-0.1, -0.05) is 12.1 Å². The van der Waals surface area contributed by atoms with E-state index < -0.39 is 47.0 Å². The molecule has 3 aliphatic rings. The fourth-order valence-electron chi connectivity index (χ4n) is 5.82. The lowest BCUT2D eigenvalue weighted by Gasteiger charge is -2.29. The molecule has 3 aliphatic heterocycles. The van der Waals surface area contributed by atoms with E-state index in [1.165, 1.54) is 37.4 Å². The number of nitrogens with zero attached hydrogens (tertiary/aromatic N) is 1. The average molecular weight is 487 g/mol. The van der Waals surface area contributed by atoms with E-state index in [0.717, 1.165) is 10.5 Å². The number of rotatable bonds is 4. The van der Waals surface area contributed by atoms with Gasteiger partial charge in [0.05, 0.1) is 24.6 Å². The molecule has 3 amide bonds. The number of hydrogen-bond donors (Lipinski definition) is 3. The molecule has 1 spiro atoms. The van der Waals surface area contributed by atoms with E-state index in [2.05, 4.69) is 10.6 Å². The van der Waals surface area contributed by atoms with E-state index in [-0.39, 0.29) is 5.75 Å². The second kappa shape index (κ2) is 7.89. The van der Waals surface area contributed by atoms with Crippen molar-refractivity contribution in [3.05, 3.63) is 83.7 Å². The number of nitrogens with one attached hydrogen (secondary N) is 2. The highest BCUT2D eigenvalue weighted by atomic mass is 19.1. The molecule has 4 unspecified atom stereocenters. The van der Waals surface area contributed by atoms with Gasteiger partial charge in [-0.25, -0.2) is 9.29 Å². The van der Waals surface area contributed by atoms with Crippen molar-refractivity contribution in [2.75, 3.05) is 17.3 Å². The Bertz CT molecular complexity index is 1410. The summed E-state index contributed by atoms with van der Waals surface area (Å²) in [5, 5.41) is 15.7. The molecule has 3 heterocycles. The fraction of sp³-hybridized carbons (Fsp3) is 0.222. The predicted octanol–water partition coefficient (Wildman–Crippen LogP) is 2.71. The van der Waals surface area contributed by atoms with Crippen LogP contribution < -0.4 is 20.3 Å². The minimum absolute atomic E-state index is 0.102. The summed E-state index contributed by atoms with van der Waals surface area (Å²) < 4.78 is 19.6. The Labute approximate surface area is 205 Å². The number of imide groups is 1. The van der Waals surface area contributed by atoms with Crippen LogP contribution in [0.1, 0.15) is 11.1 Å². The molecule has 0 aliphatic carbocycles. The summed E-state index contributed by atoms with van der Waals surface area (Å²) in [6.45, 7) is 0. The SMILES string of the molecule is COc1ccc(N2C(=O)C3C(Cc4ccc(O)cc4)NC4(C(=O)Nc5ccc(F)cc54)C3C2=O)cc1. The Morgan fingerprint density at radius 1 is 1.00 bits per heavy atom. The maximum Gasteiger partial charge on any atom is 0.250 e. The van der Waals surface area contributed by atoms with E-state index in [4.69, 9.17) is 4.74 Å². The number of fused-ring (bicyclic) bond motifs is 4. The number of hydrogen-bond acceptors (Lipinski definition) is 6. The summed E-state index contributed by atoms with van der Waals surface area (Å²) in [6, 6.07) is 16.4. The lowest BCUT2D eigenvalue weighted by atomic mass is 9.76. The number of anilines is 2. The van der Waals surface area contributed by atoms with E-state index in [1.807, 2.05) is 0 Å². The second-order valence-electron chi connectivity index (χ2n) is 9.29. The first kappa shape index (κ1) is 22.2. The van der Waals surface area contributed by atoms with Crippen molar-refractivity contribution in [1.29, 1.82) is 0 Å². The predicted molar refractivity (Wildman–Crippen MR) is 128 cm³/mol. The van der Waals surface area contributed by atoms with Gasteiger partial charge in [0.1, 0.15) is 22.9 Å². The average Bonchev–Trinajstić information content (AvgIpc) is 3.45. The third kappa shape index (κ3) is 3.06. The Hall–Kier alpha value is -4.24. The number of benzene rings is 3. The van der Waals surface area contributed by atoms with Gasteiger partial charge in [0.25, 0.3) is 0 Å². The normalized spacial score (nSPS) is 26.3. The number of phenols is 1. The van der Waals surface area contributed by atoms with E-state index in [1.54, 1.807) is 36.4 Å². The summed E-state index contributed by atoms with van der Waals surface area (Å²) in [7, 11) is 1.52. The summed E-state index contributed by atoms with van der Waals surface area (Å²) in [4.78, 5) is 42.4. The molecule has 2 fully saturated rings. The highest BCUT2D eigenvalue weighted by Gasteiger charge is 2.70. The van der Waals surface area contributed by atoms with Crippen LogP contribution in [0.4, 0.5) is 15.8 Å². The molecule has 36 heavy (non-hydrogen) atoms. The molecule has 9 heteroatoms. The number of ether oxygens (including phenoxy) is 1. The molecule has 0 radical (unpaired) electrons. The molecule has 3 N–H and O–H groups in total. The highest BCUT2D eigenvalue weighted by Crippen LogP contribution is 2.54. The second-order valence-corrected chi connectivity index (χ2v) is 9.29. The zero-order valence-corrected chi connectivity index (χ0v) is 19.2. The minimum Gasteiger partial charge on any atom is -0.508 e. The number of methoxy groups -OCH3 is 1. The van der Waals surface area contributed by atoms with Crippen LogP contribution in [0, 0.1) is 17.7 Å². The van der Waals surface area contributed by atoms with Crippen molar-refractivity contribution in [2.45, 2.75) is 18.0 Å². The first-order valence-electron chi connectivity index (χ1n) is 11.5. The number of carbonyl (C=O) groups is 3. The molecule has 8 nitrogen and oxygen atoms in total. The van der Waals surface area contributed by atoms with Crippen LogP contribution in [0.2, 0.25) is 0 Å². The van der Waals surface area contributed by atoms with Crippen LogP contribution in [0.5, 0.6) is 11.5 Å². The van der Waals surface area contributed by atoms with Crippen LogP contribution in [0.3, 0.4) is 0 Å². The maximum atomic E-state index is 14.4. The van der Waals surface area contributed by atoms with E-state index in [9.17, 15) is 23.9 Å². The topological polar surface area (TPSA) is 108 Å². The summed E-state index contributed by atoms with van der Waals surface area (Å²) >= 11 is 0. The fourth-order valence-corrected chi connectivity index (χ4v) is 5.82. The van der Waals surface area contributed by atoms with Gasteiger partial charge in [-0.3, -0.25) is 19.7 Å². The highest BCUT2D eigenvalue weighted by molar-refractivity contribution is 6.25. The first-order valence-corrected chi connectivity index (χ1v) is 11.5. The molecular weight excluding hydrogens is 465 g/mol. The lowest BCUT2D eigenvalue weighted by Crippen LogP contribution is -2.53. The smallest absolute Gasteiger partial charge is 0.250 e. The Balaban J connectivity index is 1.48. The molecular formula is C27H22FN3O5. The van der Waals surface area contributed by atoms with Crippen molar-refractivity contribution in [2.24, 2.45) is 11.8 Å². The molecule has 0 aromatic heterocycles. The molecule has 0 bridgehead atoms. The van der Waals surface area contributed by atoms with E-state index >= 15 is 0 Å². The zero-order chi connectivity index (χ0) is 25.2. The van der Waals surface area contributed by atoms with Crippen molar-refractivity contribution in [1.82, 2.24) is 5.32 Å². The summed E-state index contributed by atoms with van der Waals surface area (Å²) in [5.41, 5.74) is 0.297. The van der Waals surface area contributed by atoms with Gasteiger partial charge in [-0.2, -0.15) is 0 Å². The van der Waals surface area contributed by atoms with Gasteiger partial charge in [-0.05, 0) is 66.6 Å². The van der Waals surface area contributed by atoms with Gasteiger partial charge >= 0.3 is 0 Å². The van der Waals surface area contributed by atoms with Crippen molar-refractivity contribution < 1.29 is 28.6 Å². The summed E-state index contributed by atoms with van der Waals surface area (Å²) in [5.74, 6) is -3.27. The quantitative estimate of drug-likeness (QED) is 0.489. The zero-order valence-electron chi connectivity index (χ0n) is 19.2. The molecule has 3 aromatic rings. The van der Waals surface area contributed by atoms with Crippen molar-refractivity contribution in [3.63, 3.8) is 0 Å². The lowest BCUT2D eigenvalue weighted by molar-refractivity contribution is -0.130. The van der Waals surface area contributed by atoms with Crippen LogP contribution in [0.25, 0.3) is 0 Å². The van der Waals surface area contributed by atoms with E-state index in [0.29, 0.717) is 29.1 Å². The summed E-state index contributed by atoms with van der Waals surface area (Å²) in [6.07, 6.45) is 0.316. The largest absolute Gasteiger partial charge is 0.508 e. The molecule has 2 saturated heterocycles. The Morgan fingerprint density at radius 2 is 1.72 bits per heavy atom. The number of aromatic hydroxyl groups is 1. The standard InChI is InChI=1S/C27H22FN3O5/c1-36-18-9-5-16(6-10-18)31-24(33)22-21(12-14-2-7-17(32)8-3-14)30-27(23(22)25(31)34)19-13-15(28)4-11-20(19)29-26(27)35/h2-11,13,21-23,30,32H,12H2,1H3,(H,29,35). The van der Waals surface area contributed by atoms with Crippen LogP contribution >= 0.6 is 0 Å². The van der Waals surface area contributed by atoms with Gasteiger partial charge in [0.2, 0.25) is 17.7 Å². The third-order valence-corrected chi connectivity index (χ3v) is 7.40. The molecule has 4 atom stereocenters. The first-order chi connectivity index (χ1) is 17.3. The monoisotopic (exact) mass is 487 g/mol. The number of carbonyl (C=O) groups excluding carboxylic acids is 3. The van der Waals surface area contributed by atoms with Crippen molar-refractivity contribution in [3.8, 4) is 11.5 Å². The molecule has 0 saturated carbocycles. The van der Waals surface area contributed by atoms with Crippen LogP contribution in [0.15, 0.2) is 66.7 Å². The molecule has 182 valence electrons. The van der Waals surface area contributed by atoms with Crippen LogP contribution in [-0.4, -0.2) is 36.0 Å². The van der Waals surface area contributed by atoms with Crippen molar-refractivity contribution >= 4 is 29.1 Å². The number of halogens is 1. The van der Waals surface area contributed by atoms with Gasteiger partial charge in [0.15, 0.2) is 0 Å². The number of phenolic OH excluding ortho intramolecular Hbond substituents is 1. The maximum absolute atomic E-state index is 14.4.